The summed E-state index contributed by atoms with van der Waals surface area (Å²) in [4.78, 5) is 22.1. The quantitative estimate of drug-likeness (QED) is 0.712. The summed E-state index contributed by atoms with van der Waals surface area (Å²) >= 11 is 0. The van der Waals surface area contributed by atoms with Gasteiger partial charge in [-0.15, -0.1) is 0 Å². The number of nitrogens with one attached hydrogen (secondary N) is 1. The molecule has 0 aromatic heterocycles. The zero-order valence-electron chi connectivity index (χ0n) is 10.4. The number of carboxylic acid groups (broad SMARTS) is 1. The monoisotopic (exact) mass is 239 g/mol. The van der Waals surface area contributed by atoms with Gasteiger partial charge in [-0.2, -0.15) is 0 Å². The van der Waals surface area contributed by atoms with Crippen LogP contribution in [0.15, 0.2) is 0 Å². The number of hydrogen-bond acceptors (Lipinski definition) is 2. The molecule has 4 nitrogen and oxygen atoms in total. The number of carbonyl (C=O) groups is 2. The second-order valence-electron chi connectivity index (χ2n) is 5.82. The molecule has 0 aromatic rings. The smallest absolute Gasteiger partial charge is 0.303 e. The minimum Gasteiger partial charge on any atom is -0.481 e. The highest BCUT2D eigenvalue weighted by Gasteiger charge is 2.53. The maximum Gasteiger partial charge on any atom is 0.303 e. The van der Waals surface area contributed by atoms with Crippen LogP contribution in [0.25, 0.3) is 0 Å². The largest absolute Gasteiger partial charge is 0.481 e. The Morgan fingerprint density at radius 2 is 2.00 bits per heavy atom. The van der Waals surface area contributed by atoms with E-state index in [1.807, 2.05) is 6.92 Å². The molecule has 0 spiro atoms. The van der Waals surface area contributed by atoms with Crippen LogP contribution in [0.1, 0.15) is 45.4 Å². The third-order valence-corrected chi connectivity index (χ3v) is 4.03. The van der Waals surface area contributed by atoms with Gasteiger partial charge in [-0.25, -0.2) is 0 Å². The molecule has 4 heteroatoms. The molecule has 2 N–H and O–H groups in total. The van der Waals surface area contributed by atoms with Crippen molar-refractivity contribution in [2.75, 3.05) is 6.54 Å². The lowest BCUT2D eigenvalue weighted by molar-refractivity contribution is -0.138. The van der Waals surface area contributed by atoms with Crippen LogP contribution < -0.4 is 5.32 Å². The molecule has 1 unspecified atom stereocenters. The van der Waals surface area contributed by atoms with E-state index >= 15 is 0 Å². The molecule has 17 heavy (non-hydrogen) atoms. The van der Waals surface area contributed by atoms with Crippen molar-refractivity contribution in [3.8, 4) is 0 Å². The van der Waals surface area contributed by atoms with Gasteiger partial charge in [0.25, 0.3) is 0 Å². The van der Waals surface area contributed by atoms with Crippen LogP contribution in [0.5, 0.6) is 0 Å². The maximum atomic E-state index is 11.6. The van der Waals surface area contributed by atoms with Crippen LogP contribution in [0.3, 0.4) is 0 Å². The number of carboxylic acids is 1. The summed E-state index contributed by atoms with van der Waals surface area (Å²) in [6, 6.07) is 0. The Hall–Kier alpha value is -1.06. The van der Waals surface area contributed by atoms with Crippen LogP contribution in [0.4, 0.5) is 0 Å². The zero-order valence-corrected chi connectivity index (χ0v) is 10.4. The van der Waals surface area contributed by atoms with E-state index < -0.39 is 5.97 Å². The van der Waals surface area contributed by atoms with E-state index in [1.165, 1.54) is 25.7 Å². The number of aliphatic carboxylic acids is 1. The number of rotatable bonds is 7. The van der Waals surface area contributed by atoms with Crippen LogP contribution in [-0.4, -0.2) is 23.5 Å². The van der Waals surface area contributed by atoms with Crippen molar-refractivity contribution in [2.45, 2.75) is 45.4 Å². The van der Waals surface area contributed by atoms with Crippen molar-refractivity contribution in [2.24, 2.45) is 17.3 Å². The van der Waals surface area contributed by atoms with Gasteiger partial charge in [0, 0.05) is 19.4 Å². The van der Waals surface area contributed by atoms with Crippen molar-refractivity contribution >= 4 is 11.9 Å². The van der Waals surface area contributed by atoms with Crippen LogP contribution in [-0.2, 0) is 9.59 Å². The Morgan fingerprint density at radius 1 is 1.35 bits per heavy atom. The second-order valence-corrected chi connectivity index (χ2v) is 5.82. The zero-order chi connectivity index (χ0) is 12.5. The molecule has 0 aromatic carbocycles. The fourth-order valence-electron chi connectivity index (χ4n) is 2.62. The summed E-state index contributed by atoms with van der Waals surface area (Å²) < 4.78 is 0. The Bertz CT molecular complexity index is 319. The highest BCUT2D eigenvalue weighted by molar-refractivity contribution is 5.77. The highest BCUT2D eigenvalue weighted by Crippen LogP contribution is 2.60. The average molecular weight is 239 g/mol. The molecule has 2 aliphatic rings. The van der Waals surface area contributed by atoms with E-state index in [0.717, 1.165) is 12.5 Å². The Labute approximate surface area is 102 Å². The SMILES string of the molecule is CC(CC(=O)O)CC(=O)NCC1(C2CC2)CC1. The maximum absolute atomic E-state index is 11.6. The summed E-state index contributed by atoms with van der Waals surface area (Å²) in [6.45, 7) is 2.61. The molecule has 1 amide bonds. The molecule has 0 saturated heterocycles. The molecule has 2 fully saturated rings. The van der Waals surface area contributed by atoms with E-state index in [-0.39, 0.29) is 18.2 Å². The molecular weight excluding hydrogens is 218 g/mol. The minimum absolute atomic E-state index is 0.00525. The molecule has 0 heterocycles. The molecule has 1 atom stereocenters. The van der Waals surface area contributed by atoms with E-state index in [1.54, 1.807) is 0 Å². The first-order valence-electron chi connectivity index (χ1n) is 6.50. The average Bonchev–Trinajstić information content (AvgIpc) is 3.07. The third-order valence-electron chi connectivity index (χ3n) is 4.03. The van der Waals surface area contributed by atoms with Gasteiger partial charge in [0.1, 0.15) is 0 Å². The van der Waals surface area contributed by atoms with Gasteiger partial charge in [-0.05, 0) is 42.9 Å². The predicted octanol–water partition coefficient (Wildman–Crippen LogP) is 1.79. The molecule has 96 valence electrons. The highest BCUT2D eigenvalue weighted by atomic mass is 16.4. The van der Waals surface area contributed by atoms with E-state index in [4.69, 9.17) is 5.11 Å². The summed E-state index contributed by atoms with van der Waals surface area (Å²) in [5, 5.41) is 11.6. The molecule has 2 saturated carbocycles. The van der Waals surface area contributed by atoms with Gasteiger partial charge >= 0.3 is 5.97 Å². The lowest BCUT2D eigenvalue weighted by Crippen LogP contribution is -2.32. The van der Waals surface area contributed by atoms with E-state index in [9.17, 15) is 9.59 Å². The Balaban J connectivity index is 1.65. The topological polar surface area (TPSA) is 66.4 Å². The second kappa shape index (κ2) is 4.67. The van der Waals surface area contributed by atoms with Crippen molar-refractivity contribution in [1.82, 2.24) is 5.32 Å². The lowest BCUT2D eigenvalue weighted by Gasteiger charge is -2.16. The standard InChI is InChI=1S/C13H21NO3/c1-9(7-12(16)17)6-11(15)14-8-13(4-5-13)10-2-3-10/h9-10H,2-8H2,1H3,(H,14,15)(H,16,17). The number of hydrogen-bond donors (Lipinski definition) is 2. The van der Waals surface area contributed by atoms with Gasteiger partial charge in [0.15, 0.2) is 0 Å². The number of amides is 1. The molecule has 2 rings (SSSR count). The van der Waals surface area contributed by atoms with Gasteiger partial charge in [-0.1, -0.05) is 6.92 Å². The fraction of sp³-hybridized carbons (Fsp3) is 0.846. The fourth-order valence-corrected chi connectivity index (χ4v) is 2.62. The number of carbonyl (C=O) groups excluding carboxylic acids is 1. The predicted molar refractivity (Wildman–Crippen MR) is 63.4 cm³/mol. The lowest BCUT2D eigenvalue weighted by atomic mass is 10.00. The first-order valence-corrected chi connectivity index (χ1v) is 6.50. The summed E-state index contributed by atoms with van der Waals surface area (Å²) in [5.74, 6) is -0.0598. The van der Waals surface area contributed by atoms with Crippen molar-refractivity contribution in [3.05, 3.63) is 0 Å². The van der Waals surface area contributed by atoms with Gasteiger partial charge in [0.05, 0.1) is 0 Å². The molecular formula is C13H21NO3. The van der Waals surface area contributed by atoms with Gasteiger partial charge in [-0.3, -0.25) is 9.59 Å². The van der Waals surface area contributed by atoms with Crippen molar-refractivity contribution < 1.29 is 14.7 Å². The summed E-state index contributed by atoms with van der Waals surface area (Å²) in [7, 11) is 0. The van der Waals surface area contributed by atoms with Crippen LogP contribution in [0, 0.1) is 17.3 Å². The molecule has 0 radical (unpaired) electrons. The Morgan fingerprint density at radius 3 is 2.47 bits per heavy atom. The van der Waals surface area contributed by atoms with Gasteiger partial charge < -0.3 is 10.4 Å². The van der Waals surface area contributed by atoms with Crippen LogP contribution >= 0.6 is 0 Å². The van der Waals surface area contributed by atoms with Crippen molar-refractivity contribution in [1.29, 1.82) is 0 Å². The Kier molecular flexibility index (Phi) is 3.40. The van der Waals surface area contributed by atoms with Crippen molar-refractivity contribution in [3.63, 3.8) is 0 Å². The van der Waals surface area contributed by atoms with E-state index in [2.05, 4.69) is 5.32 Å². The summed E-state index contributed by atoms with van der Waals surface area (Å²) in [6.07, 6.45) is 5.55. The normalized spacial score (nSPS) is 22.9. The molecule has 0 aliphatic heterocycles. The van der Waals surface area contributed by atoms with E-state index in [0.29, 0.717) is 11.8 Å². The first-order chi connectivity index (χ1) is 8.02. The van der Waals surface area contributed by atoms with Crippen LogP contribution in [0.2, 0.25) is 0 Å². The third kappa shape index (κ3) is 3.45. The van der Waals surface area contributed by atoms with Gasteiger partial charge in [0.2, 0.25) is 5.91 Å². The minimum atomic E-state index is -0.832. The summed E-state index contributed by atoms with van der Waals surface area (Å²) in [5.41, 5.74) is 0.422. The first kappa shape index (κ1) is 12.4. The molecule has 2 aliphatic carbocycles. The molecule has 0 bridgehead atoms.